The fourth-order valence-corrected chi connectivity index (χ4v) is 4.22. The van der Waals surface area contributed by atoms with Crippen molar-refractivity contribution in [2.45, 2.75) is 23.4 Å². The number of rotatable bonds is 6. The standard InChI is InChI=1S/C16H16N6OS2/c1-3-18-15-21-22-16(25-15)24-9(2)13(23)10(8-17)14-19-11-6-4-5-7-12(11)20-14/h4-7,9,23H,3H2,1-2H3,(H,18,21)(H,19,20)/b13-10-. The topological polar surface area (TPSA) is 111 Å². The minimum Gasteiger partial charge on any atom is -0.510 e. The summed E-state index contributed by atoms with van der Waals surface area (Å²) in [5.41, 5.74) is 1.70. The van der Waals surface area contributed by atoms with Gasteiger partial charge in [0.1, 0.15) is 17.4 Å². The van der Waals surface area contributed by atoms with E-state index in [1.165, 1.54) is 23.1 Å². The SMILES string of the molecule is CCNc1nnc(SC(C)/C(O)=C(\C#N)c2nc3ccccc3[nH]2)s1. The van der Waals surface area contributed by atoms with Crippen LogP contribution in [0.1, 0.15) is 19.7 Å². The van der Waals surface area contributed by atoms with E-state index in [0.29, 0.717) is 5.82 Å². The number of H-pyrrole nitrogens is 1. The molecule has 3 aromatic rings. The van der Waals surface area contributed by atoms with E-state index < -0.39 is 0 Å². The van der Waals surface area contributed by atoms with Crippen LogP contribution < -0.4 is 5.32 Å². The fourth-order valence-electron chi connectivity index (χ4n) is 2.19. The van der Waals surface area contributed by atoms with Gasteiger partial charge in [0, 0.05) is 6.54 Å². The van der Waals surface area contributed by atoms with Gasteiger partial charge in [0.05, 0.1) is 16.3 Å². The number of hydrogen-bond donors (Lipinski definition) is 3. The maximum absolute atomic E-state index is 10.5. The molecule has 0 amide bonds. The molecule has 1 unspecified atom stereocenters. The number of para-hydroxylation sites is 2. The van der Waals surface area contributed by atoms with E-state index in [1.807, 2.05) is 44.2 Å². The lowest BCUT2D eigenvalue weighted by molar-refractivity contribution is 0.402. The second-order valence-electron chi connectivity index (χ2n) is 5.14. The Balaban J connectivity index is 1.85. The van der Waals surface area contributed by atoms with Crippen LogP contribution in [0.5, 0.6) is 0 Å². The maximum Gasteiger partial charge on any atom is 0.206 e. The number of benzene rings is 1. The third-order valence-electron chi connectivity index (χ3n) is 3.39. The molecule has 25 heavy (non-hydrogen) atoms. The van der Waals surface area contributed by atoms with Crippen molar-refractivity contribution in [2.24, 2.45) is 0 Å². The molecule has 0 aliphatic rings. The van der Waals surface area contributed by atoms with Crippen LogP contribution in [0.15, 0.2) is 34.4 Å². The second kappa shape index (κ2) is 7.55. The number of aromatic amines is 1. The van der Waals surface area contributed by atoms with Gasteiger partial charge in [-0.2, -0.15) is 5.26 Å². The van der Waals surface area contributed by atoms with Crippen molar-refractivity contribution in [1.29, 1.82) is 5.26 Å². The molecule has 9 heteroatoms. The van der Waals surface area contributed by atoms with Gasteiger partial charge in [0.2, 0.25) is 5.13 Å². The number of aliphatic hydroxyl groups excluding tert-OH is 1. The van der Waals surface area contributed by atoms with Crippen LogP contribution in [0.25, 0.3) is 16.6 Å². The number of imidazole rings is 1. The van der Waals surface area contributed by atoms with Gasteiger partial charge in [0.25, 0.3) is 0 Å². The minimum atomic E-state index is -0.356. The Bertz CT molecular complexity index is 922. The van der Waals surface area contributed by atoms with E-state index in [0.717, 1.165) is 27.0 Å². The lowest BCUT2D eigenvalue weighted by Gasteiger charge is -2.09. The molecule has 7 nitrogen and oxygen atoms in total. The molecule has 1 atom stereocenters. The third-order valence-corrected chi connectivity index (χ3v) is 5.47. The van der Waals surface area contributed by atoms with Gasteiger partial charge >= 0.3 is 0 Å². The van der Waals surface area contributed by atoms with Crippen LogP contribution in [0, 0.1) is 11.3 Å². The van der Waals surface area contributed by atoms with Crippen molar-refractivity contribution in [3.63, 3.8) is 0 Å². The predicted octanol–water partition coefficient (Wildman–Crippen LogP) is 3.82. The van der Waals surface area contributed by atoms with E-state index in [-0.39, 0.29) is 16.6 Å². The number of fused-ring (bicyclic) bond motifs is 1. The Labute approximate surface area is 152 Å². The monoisotopic (exact) mass is 372 g/mol. The molecule has 1 aromatic carbocycles. The number of aromatic nitrogens is 4. The van der Waals surface area contributed by atoms with Crippen LogP contribution in [-0.4, -0.2) is 37.1 Å². The molecule has 0 saturated heterocycles. The minimum absolute atomic E-state index is 0.0354. The molecule has 2 aromatic heterocycles. The van der Waals surface area contributed by atoms with Crippen molar-refractivity contribution in [1.82, 2.24) is 20.2 Å². The Morgan fingerprint density at radius 3 is 2.96 bits per heavy atom. The van der Waals surface area contributed by atoms with Gasteiger partial charge in [-0.1, -0.05) is 35.2 Å². The Morgan fingerprint density at radius 2 is 2.24 bits per heavy atom. The summed E-state index contributed by atoms with van der Waals surface area (Å²) < 4.78 is 0.719. The van der Waals surface area contributed by atoms with E-state index in [1.54, 1.807) is 0 Å². The van der Waals surface area contributed by atoms with Crippen LogP contribution in [0.3, 0.4) is 0 Å². The van der Waals surface area contributed by atoms with Crippen LogP contribution in [0.4, 0.5) is 5.13 Å². The summed E-state index contributed by atoms with van der Waals surface area (Å²) in [5, 5.41) is 31.6. The predicted molar refractivity (Wildman–Crippen MR) is 101 cm³/mol. The lowest BCUT2D eigenvalue weighted by atomic mass is 10.2. The van der Waals surface area contributed by atoms with Gasteiger partial charge in [0.15, 0.2) is 10.2 Å². The molecule has 0 aliphatic heterocycles. The van der Waals surface area contributed by atoms with Crippen LogP contribution in [0.2, 0.25) is 0 Å². The molecule has 3 rings (SSSR count). The van der Waals surface area contributed by atoms with Gasteiger partial charge < -0.3 is 15.4 Å². The molecule has 2 heterocycles. The Hall–Kier alpha value is -2.57. The molecular formula is C16H16N6OS2. The average molecular weight is 372 g/mol. The third kappa shape index (κ3) is 3.75. The smallest absolute Gasteiger partial charge is 0.206 e. The molecule has 0 spiro atoms. The summed E-state index contributed by atoms with van der Waals surface area (Å²) in [7, 11) is 0. The lowest BCUT2D eigenvalue weighted by Crippen LogP contribution is -2.04. The van der Waals surface area contributed by atoms with E-state index in [2.05, 4.69) is 25.5 Å². The quantitative estimate of drug-likeness (QED) is 0.343. The van der Waals surface area contributed by atoms with Gasteiger partial charge in [-0.3, -0.25) is 0 Å². The molecule has 0 fully saturated rings. The average Bonchev–Trinajstić information content (AvgIpc) is 3.22. The highest BCUT2D eigenvalue weighted by Crippen LogP contribution is 2.33. The molecule has 0 radical (unpaired) electrons. The number of anilines is 1. The molecule has 3 N–H and O–H groups in total. The summed E-state index contributed by atoms with van der Waals surface area (Å²) in [6.45, 7) is 4.57. The van der Waals surface area contributed by atoms with Gasteiger partial charge in [-0.25, -0.2) is 4.98 Å². The van der Waals surface area contributed by atoms with Gasteiger partial charge in [-0.15, -0.1) is 10.2 Å². The number of thioether (sulfide) groups is 1. The number of nitriles is 1. The first-order valence-corrected chi connectivity index (χ1v) is 9.34. The number of hydrogen-bond acceptors (Lipinski definition) is 8. The fraction of sp³-hybridized carbons (Fsp3) is 0.250. The first kappa shape index (κ1) is 17.3. The molecular weight excluding hydrogens is 356 g/mol. The summed E-state index contributed by atoms with van der Waals surface area (Å²) in [4.78, 5) is 7.45. The summed E-state index contributed by atoms with van der Waals surface area (Å²) in [5.74, 6) is 0.325. The molecule has 128 valence electrons. The Kier molecular flexibility index (Phi) is 5.21. The van der Waals surface area contributed by atoms with E-state index >= 15 is 0 Å². The van der Waals surface area contributed by atoms with Crippen LogP contribution >= 0.6 is 23.1 Å². The van der Waals surface area contributed by atoms with E-state index in [4.69, 9.17) is 0 Å². The van der Waals surface area contributed by atoms with Crippen molar-refractivity contribution in [2.75, 3.05) is 11.9 Å². The van der Waals surface area contributed by atoms with Crippen molar-refractivity contribution in [3.05, 3.63) is 35.8 Å². The highest BCUT2D eigenvalue weighted by atomic mass is 32.2. The maximum atomic E-state index is 10.5. The highest BCUT2D eigenvalue weighted by Gasteiger charge is 2.20. The number of nitrogens with zero attached hydrogens (tertiary/aromatic N) is 4. The first-order chi connectivity index (χ1) is 12.1. The second-order valence-corrected chi connectivity index (χ2v) is 7.70. The zero-order valence-electron chi connectivity index (χ0n) is 13.6. The molecule has 0 saturated carbocycles. The number of aliphatic hydroxyl groups is 1. The van der Waals surface area contributed by atoms with Crippen molar-refractivity contribution >= 4 is 44.8 Å². The zero-order chi connectivity index (χ0) is 17.8. The highest BCUT2D eigenvalue weighted by molar-refractivity contribution is 8.01. The van der Waals surface area contributed by atoms with Gasteiger partial charge in [-0.05, 0) is 26.0 Å². The number of nitrogens with one attached hydrogen (secondary N) is 2. The zero-order valence-corrected chi connectivity index (χ0v) is 15.3. The van der Waals surface area contributed by atoms with Crippen molar-refractivity contribution in [3.8, 4) is 6.07 Å². The van der Waals surface area contributed by atoms with E-state index in [9.17, 15) is 10.4 Å². The van der Waals surface area contributed by atoms with Crippen LogP contribution in [-0.2, 0) is 0 Å². The number of allylic oxidation sites excluding steroid dienone is 1. The Morgan fingerprint density at radius 1 is 1.44 bits per heavy atom. The summed E-state index contributed by atoms with van der Waals surface area (Å²) in [6.07, 6.45) is 0. The largest absolute Gasteiger partial charge is 0.510 e. The molecule has 0 aliphatic carbocycles. The first-order valence-electron chi connectivity index (χ1n) is 7.64. The summed E-state index contributed by atoms with van der Waals surface area (Å²) in [6, 6.07) is 9.53. The normalized spacial score (nSPS) is 13.3. The van der Waals surface area contributed by atoms with Crippen molar-refractivity contribution < 1.29 is 5.11 Å². The molecule has 0 bridgehead atoms. The summed E-state index contributed by atoms with van der Waals surface area (Å²) >= 11 is 2.76.